The lowest BCUT2D eigenvalue weighted by molar-refractivity contribution is 0.276. The fourth-order valence-electron chi connectivity index (χ4n) is 2.07. The van der Waals surface area contributed by atoms with Crippen molar-refractivity contribution in [3.63, 3.8) is 0 Å². The monoisotopic (exact) mass is 267 g/mol. The Morgan fingerprint density at radius 1 is 1.44 bits per heavy atom. The van der Waals surface area contributed by atoms with Gasteiger partial charge in [-0.1, -0.05) is 18.5 Å². The third-order valence-corrected chi connectivity index (χ3v) is 3.12. The maximum Gasteiger partial charge on any atom is 0.111 e. The first-order chi connectivity index (χ1) is 8.76. The molecule has 0 bridgehead atoms. The van der Waals surface area contributed by atoms with Crippen molar-refractivity contribution >= 4 is 22.6 Å². The third kappa shape index (κ3) is 2.83. The molecule has 0 aliphatic rings. The van der Waals surface area contributed by atoms with Crippen LogP contribution in [0.3, 0.4) is 0 Å². The van der Waals surface area contributed by atoms with Crippen LogP contribution >= 0.6 is 11.6 Å². The van der Waals surface area contributed by atoms with Gasteiger partial charge in [-0.2, -0.15) is 0 Å². The summed E-state index contributed by atoms with van der Waals surface area (Å²) in [6.45, 7) is 4.60. The summed E-state index contributed by atoms with van der Waals surface area (Å²) in [5, 5.41) is 13.1. The molecule has 4 nitrogen and oxygen atoms in total. The highest BCUT2D eigenvalue weighted by molar-refractivity contribution is 6.31. The van der Waals surface area contributed by atoms with Gasteiger partial charge < -0.3 is 15.0 Å². The Labute approximate surface area is 112 Å². The van der Waals surface area contributed by atoms with Gasteiger partial charge in [0.15, 0.2) is 0 Å². The van der Waals surface area contributed by atoms with E-state index in [1.807, 2.05) is 18.2 Å². The van der Waals surface area contributed by atoms with Gasteiger partial charge in [0.2, 0.25) is 0 Å². The molecule has 0 atom stereocenters. The van der Waals surface area contributed by atoms with Crippen LogP contribution < -0.4 is 5.32 Å². The SMILES string of the molecule is CCNCCc1nc2cc(Cl)ccc2n1CCO. The topological polar surface area (TPSA) is 50.1 Å². The van der Waals surface area contributed by atoms with E-state index < -0.39 is 0 Å². The summed E-state index contributed by atoms with van der Waals surface area (Å²) >= 11 is 5.97. The van der Waals surface area contributed by atoms with E-state index in [0.29, 0.717) is 11.6 Å². The summed E-state index contributed by atoms with van der Waals surface area (Å²) < 4.78 is 2.06. The molecule has 1 heterocycles. The smallest absolute Gasteiger partial charge is 0.111 e. The van der Waals surface area contributed by atoms with E-state index in [4.69, 9.17) is 16.7 Å². The Morgan fingerprint density at radius 3 is 3.00 bits per heavy atom. The maximum atomic E-state index is 9.16. The van der Waals surface area contributed by atoms with Crippen molar-refractivity contribution in [2.75, 3.05) is 19.7 Å². The number of rotatable bonds is 6. The van der Waals surface area contributed by atoms with Crippen LogP contribution in [0.2, 0.25) is 5.02 Å². The zero-order valence-electron chi connectivity index (χ0n) is 10.5. The van der Waals surface area contributed by atoms with Crippen LogP contribution in [0.25, 0.3) is 11.0 Å². The number of imidazole rings is 1. The van der Waals surface area contributed by atoms with Crippen LogP contribution in [0.5, 0.6) is 0 Å². The average Bonchev–Trinajstić information content (AvgIpc) is 2.68. The lowest BCUT2D eigenvalue weighted by atomic mass is 10.3. The van der Waals surface area contributed by atoms with E-state index in [1.54, 1.807) is 0 Å². The molecule has 0 unspecified atom stereocenters. The molecule has 1 aromatic carbocycles. The zero-order chi connectivity index (χ0) is 13.0. The largest absolute Gasteiger partial charge is 0.395 e. The van der Waals surface area contributed by atoms with Gasteiger partial charge in [-0.15, -0.1) is 0 Å². The van der Waals surface area contributed by atoms with E-state index in [9.17, 15) is 0 Å². The second-order valence-electron chi connectivity index (χ2n) is 4.14. The fourth-order valence-corrected chi connectivity index (χ4v) is 2.24. The van der Waals surface area contributed by atoms with E-state index >= 15 is 0 Å². The molecule has 0 spiro atoms. The number of benzene rings is 1. The van der Waals surface area contributed by atoms with Crippen molar-refractivity contribution in [2.24, 2.45) is 0 Å². The number of aliphatic hydroxyl groups excluding tert-OH is 1. The maximum absolute atomic E-state index is 9.16. The van der Waals surface area contributed by atoms with Crippen LogP contribution in [0, 0.1) is 0 Å². The number of aliphatic hydroxyl groups is 1. The lowest BCUT2D eigenvalue weighted by Crippen LogP contribution is -2.18. The fraction of sp³-hybridized carbons (Fsp3) is 0.462. The second-order valence-corrected chi connectivity index (χ2v) is 4.58. The van der Waals surface area contributed by atoms with Crippen LogP contribution in [0.1, 0.15) is 12.7 Å². The standard InChI is InChI=1S/C13H18ClN3O/c1-2-15-6-5-13-16-11-9-10(14)3-4-12(11)17(13)7-8-18/h3-4,9,15,18H,2,5-8H2,1H3. The summed E-state index contributed by atoms with van der Waals surface area (Å²) in [7, 11) is 0. The second kappa shape index (κ2) is 6.18. The van der Waals surface area contributed by atoms with Crippen molar-refractivity contribution in [3.05, 3.63) is 29.0 Å². The van der Waals surface area contributed by atoms with Crippen LogP contribution in [0.15, 0.2) is 18.2 Å². The first-order valence-corrected chi connectivity index (χ1v) is 6.60. The van der Waals surface area contributed by atoms with Gasteiger partial charge in [-0.05, 0) is 24.7 Å². The molecule has 0 fully saturated rings. The number of nitrogens with one attached hydrogen (secondary N) is 1. The Kier molecular flexibility index (Phi) is 4.58. The van der Waals surface area contributed by atoms with Gasteiger partial charge in [0.1, 0.15) is 5.82 Å². The van der Waals surface area contributed by atoms with Crippen molar-refractivity contribution in [1.82, 2.24) is 14.9 Å². The number of halogens is 1. The minimum absolute atomic E-state index is 0.113. The molecule has 2 N–H and O–H groups in total. The molecular formula is C13H18ClN3O. The summed E-state index contributed by atoms with van der Waals surface area (Å²) in [4.78, 5) is 4.59. The summed E-state index contributed by atoms with van der Waals surface area (Å²) in [6, 6.07) is 5.67. The molecule has 1 aromatic heterocycles. The summed E-state index contributed by atoms with van der Waals surface area (Å²) in [6.07, 6.45) is 0.847. The highest BCUT2D eigenvalue weighted by atomic mass is 35.5. The van der Waals surface area contributed by atoms with E-state index in [1.165, 1.54) is 0 Å². The van der Waals surface area contributed by atoms with E-state index in [0.717, 1.165) is 36.4 Å². The molecule has 0 radical (unpaired) electrons. The molecule has 2 aromatic rings. The number of aromatic nitrogens is 2. The van der Waals surface area contributed by atoms with Crippen molar-refractivity contribution in [2.45, 2.75) is 19.9 Å². The number of likely N-dealkylation sites (N-methyl/N-ethyl adjacent to an activating group) is 1. The molecule has 2 rings (SSSR count). The predicted molar refractivity (Wildman–Crippen MR) is 74.1 cm³/mol. The molecule has 0 amide bonds. The van der Waals surface area contributed by atoms with Crippen molar-refractivity contribution < 1.29 is 5.11 Å². The quantitative estimate of drug-likeness (QED) is 0.785. The average molecular weight is 268 g/mol. The molecule has 0 saturated heterocycles. The van der Waals surface area contributed by atoms with Gasteiger partial charge in [0, 0.05) is 24.5 Å². The van der Waals surface area contributed by atoms with Crippen LogP contribution in [-0.2, 0) is 13.0 Å². The van der Waals surface area contributed by atoms with Gasteiger partial charge in [0.25, 0.3) is 0 Å². The predicted octanol–water partition coefficient (Wildman–Crippen LogP) is 1.83. The van der Waals surface area contributed by atoms with Crippen LogP contribution in [-0.4, -0.2) is 34.4 Å². The molecular weight excluding hydrogens is 250 g/mol. The molecule has 0 aliphatic carbocycles. The first-order valence-electron chi connectivity index (χ1n) is 6.22. The molecule has 0 aliphatic heterocycles. The Hall–Kier alpha value is -1.10. The molecule has 18 heavy (non-hydrogen) atoms. The zero-order valence-corrected chi connectivity index (χ0v) is 11.2. The van der Waals surface area contributed by atoms with Crippen molar-refractivity contribution in [1.29, 1.82) is 0 Å². The van der Waals surface area contributed by atoms with Gasteiger partial charge in [-0.25, -0.2) is 4.98 Å². The number of hydrogen-bond donors (Lipinski definition) is 2. The molecule has 0 saturated carbocycles. The highest BCUT2D eigenvalue weighted by Crippen LogP contribution is 2.20. The van der Waals surface area contributed by atoms with Gasteiger partial charge in [-0.3, -0.25) is 0 Å². The minimum Gasteiger partial charge on any atom is -0.395 e. The van der Waals surface area contributed by atoms with Gasteiger partial charge in [0.05, 0.1) is 17.6 Å². The summed E-state index contributed by atoms with van der Waals surface area (Å²) in [5.74, 6) is 0.988. The first kappa shape index (κ1) is 13.3. The highest BCUT2D eigenvalue weighted by Gasteiger charge is 2.10. The number of hydrogen-bond acceptors (Lipinski definition) is 3. The van der Waals surface area contributed by atoms with Crippen LogP contribution in [0.4, 0.5) is 0 Å². The Balaban J connectivity index is 2.34. The van der Waals surface area contributed by atoms with E-state index in [-0.39, 0.29) is 6.61 Å². The van der Waals surface area contributed by atoms with E-state index in [2.05, 4.69) is 21.8 Å². The Bertz CT molecular complexity index is 524. The number of nitrogens with zero attached hydrogens (tertiary/aromatic N) is 2. The normalized spacial score (nSPS) is 11.3. The van der Waals surface area contributed by atoms with Crippen molar-refractivity contribution in [3.8, 4) is 0 Å². The minimum atomic E-state index is 0.113. The number of fused-ring (bicyclic) bond motifs is 1. The Morgan fingerprint density at radius 2 is 2.28 bits per heavy atom. The summed E-state index contributed by atoms with van der Waals surface area (Å²) in [5.41, 5.74) is 1.92. The lowest BCUT2D eigenvalue weighted by Gasteiger charge is -2.07. The molecule has 5 heteroatoms. The molecule has 98 valence electrons. The third-order valence-electron chi connectivity index (χ3n) is 2.89. The van der Waals surface area contributed by atoms with Gasteiger partial charge >= 0.3 is 0 Å².